The van der Waals surface area contributed by atoms with Gasteiger partial charge in [0.05, 0.1) is 35.2 Å². The van der Waals surface area contributed by atoms with Crippen LogP contribution in [0.5, 0.6) is 11.5 Å². The van der Waals surface area contributed by atoms with Crippen LogP contribution in [0.1, 0.15) is 49.7 Å². The van der Waals surface area contributed by atoms with Crippen molar-refractivity contribution in [2.24, 2.45) is 36.1 Å². The minimum absolute atomic E-state index is 0.0107. The van der Waals surface area contributed by atoms with E-state index in [1.165, 1.54) is 22.8 Å². The summed E-state index contributed by atoms with van der Waals surface area (Å²) in [5, 5.41) is 27.0. The van der Waals surface area contributed by atoms with Crippen molar-refractivity contribution in [3.63, 3.8) is 0 Å². The molecule has 4 amide bonds. The monoisotopic (exact) mass is 756 g/mol. The van der Waals surface area contributed by atoms with Crippen LogP contribution in [0, 0.1) is 36.0 Å². The van der Waals surface area contributed by atoms with Crippen molar-refractivity contribution < 1.29 is 38.9 Å². The van der Waals surface area contributed by atoms with Gasteiger partial charge in [0.1, 0.15) is 23.0 Å². The number of hydrogen-bond donors (Lipinski definition) is 2. The maximum Gasteiger partial charge on any atom is 0.303 e. The number of rotatable bonds is 8. The first-order valence-corrected chi connectivity index (χ1v) is 18.7. The molecule has 2 aromatic heterocycles. The molecule has 12 nitrogen and oxygen atoms in total. The van der Waals surface area contributed by atoms with Gasteiger partial charge in [-0.3, -0.25) is 33.6 Å². The highest BCUT2D eigenvalue weighted by atomic mass is 35.5. The normalized spacial score (nSPS) is 26.6. The second kappa shape index (κ2) is 12.6. The highest BCUT2D eigenvalue weighted by molar-refractivity contribution is 7.22. The number of likely N-dealkylation sites (tertiary alicyclic amines) is 1. The van der Waals surface area contributed by atoms with Gasteiger partial charge >= 0.3 is 5.97 Å². The summed E-state index contributed by atoms with van der Waals surface area (Å²) in [5.41, 5.74) is 1.34. The first-order chi connectivity index (χ1) is 25.3. The molecule has 2 saturated heterocycles. The van der Waals surface area contributed by atoms with Crippen LogP contribution in [0.3, 0.4) is 0 Å². The van der Waals surface area contributed by atoms with Crippen molar-refractivity contribution in [2.45, 2.75) is 45.4 Å². The van der Waals surface area contributed by atoms with Gasteiger partial charge in [-0.15, -0.1) is 11.3 Å². The van der Waals surface area contributed by atoms with Gasteiger partial charge in [-0.1, -0.05) is 29.3 Å². The number of carboxylic acids is 1. The van der Waals surface area contributed by atoms with Gasteiger partial charge in [0.2, 0.25) is 23.6 Å². The molecular weight excluding hydrogens is 720 g/mol. The Hall–Kier alpha value is -5.01. The number of imide groups is 2. The largest absolute Gasteiger partial charge is 0.508 e. The molecule has 53 heavy (non-hydrogen) atoms. The number of anilines is 1. The fourth-order valence-electron chi connectivity index (χ4n) is 9.36. The number of nitrogens with zero attached hydrogens (tertiary/aromatic N) is 4. The number of aliphatic carboxylic acids is 1. The average molecular weight is 757 g/mol. The summed E-state index contributed by atoms with van der Waals surface area (Å²) in [6, 6.07) is 12.3. The van der Waals surface area contributed by atoms with Gasteiger partial charge in [0.15, 0.2) is 0 Å². The Morgan fingerprint density at radius 1 is 1.08 bits per heavy atom. The molecule has 6 unspecified atom stereocenters. The highest BCUT2D eigenvalue weighted by Crippen LogP contribution is 2.64. The Bertz CT molecular complexity index is 2310. The molecule has 8 rings (SSSR count). The van der Waals surface area contributed by atoms with Crippen molar-refractivity contribution in [3.05, 3.63) is 70.3 Å². The fourth-order valence-corrected chi connectivity index (χ4v) is 10.7. The topological polar surface area (TPSA) is 159 Å². The average Bonchev–Trinajstić information content (AvgIpc) is 3.79. The van der Waals surface area contributed by atoms with Gasteiger partial charge in [-0.05, 0) is 74.2 Å². The van der Waals surface area contributed by atoms with Gasteiger partial charge in [-0.2, -0.15) is 5.10 Å². The Morgan fingerprint density at radius 2 is 1.85 bits per heavy atom. The number of ether oxygens (including phenoxy) is 1. The number of carbonyl (C=O) groups excluding carboxylic acids is 4. The summed E-state index contributed by atoms with van der Waals surface area (Å²) < 4.78 is 7.90. The van der Waals surface area contributed by atoms with Crippen molar-refractivity contribution in [1.29, 1.82) is 0 Å². The minimum Gasteiger partial charge on any atom is -0.508 e. The lowest BCUT2D eigenvalue weighted by Gasteiger charge is -2.49. The molecule has 4 heterocycles. The number of halogens is 1. The molecule has 4 aromatic rings. The third-order valence-corrected chi connectivity index (χ3v) is 13.4. The summed E-state index contributed by atoms with van der Waals surface area (Å²) in [5.74, 6) is -5.83. The smallest absolute Gasteiger partial charge is 0.303 e. The number of carboxylic acid groups (broad SMARTS) is 1. The summed E-state index contributed by atoms with van der Waals surface area (Å²) in [7, 11) is 3.16. The van der Waals surface area contributed by atoms with E-state index in [9.17, 15) is 24.3 Å². The van der Waals surface area contributed by atoms with E-state index in [0.29, 0.717) is 27.8 Å². The van der Waals surface area contributed by atoms with Crippen LogP contribution in [0.25, 0.3) is 20.7 Å². The lowest BCUT2D eigenvalue weighted by atomic mass is 9.51. The third kappa shape index (κ3) is 5.14. The van der Waals surface area contributed by atoms with E-state index in [4.69, 9.17) is 26.5 Å². The van der Waals surface area contributed by atoms with Gasteiger partial charge in [0.25, 0.3) is 0 Å². The van der Waals surface area contributed by atoms with Crippen LogP contribution in [0.15, 0.2) is 54.1 Å². The van der Waals surface area contributed by atoms with Gasteiger partial charge in [-0.25, -0.2) is 4.90 Å². The zero-order valence-electron chi connectivity index (χ0n) is 29.5. The predicted molar refractivity (Wildman–Crippen MR) is 197 cm³/mol. The lowest BCUT2D eigenvalue weighted by molar-refractivity contribution is -0.142. The van der Waals surface area contributed by atoms with Crippen molar-refractivity contribution >= 4 is 68.4 Å². The molecular formula is C39H37ClN4O8S. The first-order valence-electron chi connectivity index (χ1n) is 17.5. The van der Waals surface area contributed by atoms with E-state index in [-0.39, 0.29) is 43.9 Å². The minimum atomic E-state index is -1.38. The van der Waals surface area contributed by atoms with E-state index in [1.54, 1.807) is 43.5 Å². The maximum absolute atomic E-state index is 15.0. The van der Waals surface area contributed by atoms with E-state index < -0.39 is 58.7 Å². The number of thiophene rings is 1. The van der Waals surface area contributed by atoms with E-state index >= 15 is 4.79 Å². The number of amides is 4. The number of aromatic nitrogens is 2. The number of fused-ring (bicyclic) bond motifs is 5. The van der Waals surface area contributed by atoms with E-state index in [2.05, 4.69) is 0 Å². The van der Waals surface area contributed by atoms with E-state index in [0.717, 1.165) is 31.0 Å². The van der Waals surface area contributed by atoms with Crippen LogP contribution in [0.4, 0.5) is 5.82 Å². The number of carbonyl (C=O) groups is 5. The Labute approximate surface area is 313 Å². The first kappa shape index (κ1) is 35.0. The molecule has 0 radical (unpaired) electrons. The molecule has 0 bridgehead atoms. The lowest BCUT2D eigenvalue weighted by Crippen LogP contribution is -2.49. The molecule has 0 spiro atoms. The van der Waals surface area contributed by atoms with Crippen LogP contribution in [-0.4, -0.2) is 68.1 Å². The Balaban J connectivity index is 1.22. The second-order valence-corrected chi connectivity index (χ2v) is 16.1. The quantitative estimate of drug-likeness (QED) is 0.161. The number of benzene rings is 2. The van der Waals surface area contributed by atoms with Gasteiger partial charge < -0.3 is 14.9 Å². The summed E-state index contributed by atoms with van der Waals surface area (Å²) in [4.78, 5) is 71.9. The molecule has 6 atom stereocenters. The maximum atomic E-state index is 15.0. The molecule has 1 saturated carbocycles. The zero-order chi connectivity index (χ0) is 37.7. The molecule has 14 heteroatoms. The van der Waals surface area contributed by atoms with Crippen LogP contribution in [-0.2, 0) is 31.0 Å². The number of phenolic OH excluding ortho intramolecular Hbond substituents is 1. The Kier molecular flexibility index (Phi) is 8.30. The molecule has 3 fully saturated rings. The van der Waals surface area contributed by atoms with Crippen LogP contribution in [0.2, 0.25) is 5.02 Å². The molecule has 2 aliphatic heterocycles. The molecule has 2 aromatic carbocycles. The van der Waals surface area contributed by atoms with Crippen LogP contribution >= 0.6 is 22.9 Å². The number of hydrogen-bond acceptors (Lipinski definition) is 9. The number of aromatic hydroxyl groups is 1. The molecule has 2 aliphatic carbocycles. The van der Waals surface area contributed by atoms with Crippen molar-refractivity contribution in [2.75, 3.05) is 18.6 Å². The number of allylic oxidation sites excluding steroid dienone is 2. The molecule has 4 aliphatic rings. The van der Waals surface area contributed by atoms with Crippen molar-refractivity contribution in [1.82, 2.24) is 14.7 Å². The zero-order valence-corrected chi connectivity index (χ0v) is 31.0. The van der Waals surface area contributed by atoms with Gasteiger partial charge in [0, 0.05) is 53.3 Å². The van der Waals surface area contributed by atoms with Crippen LogP contribution < -0.4 is 9.64 Å². The number of phenols is 1. The van der Waals surface area contributed by atoms with E-state index in [1.807, 2.05) is 31.2 Å². The number of aryl methyl sites for hydroxylation is 2. The number of methoxy groups -OCH3 is 1. The van der Waals surface area contributed by atoms with Crippen molar-refractivity contribution in [3.8, 4) is 22.1 Å². The molecule has 274 valence electrons. The fraction of sp³-hybridized carbons (Fsp3) is 0.385. The Morgan fingerprint density at radius 3 is 2.57 bits per heavy atom. The second-order valence-electron chi connectivity index (χ2n) is 14.6. The summed E-state index contributed by atoms with van der Waals surface area (Å²) >= 11 is 7.84. The SMILES string of the molecule is COc1ccc(C2C3=CCC4C(=O)N(CCCC(=O)O)C(=O)C4C3CC3C(=O)N(c4cc(-c5sc6ccc(Cl)cc6c5C)nn4C)C(=O)C32C)c(O)c1. The predicted octanol–water partition coefficient (Wildman–Crippen LogP) is 6.07. The molecule has 2 N–H and O–H groups in total. The standard InChI is InChI=1S/C39H37ClN4O8S/c1-18-24-14-19(40)7-12-29(24)53-34(18)27-17-30(42(3)41-27)44-36(49)26-16-25-21(10-11-23-32(25)37(50)43(35(23)48)13-5-6-31(46)47)33(39(26,2)38(44)51)22-9-8-20(52-4)15-28(22)45/h7-10,12,14-15,17,23,25-26,32-33,45H,5-6,11,13,16H2,1-4H3,(H,46,47). The summed E-state index contributed by atoms with van der Waals surface area (Å²) in [6.07, 6.45) is 2.23. The highest BCUT2D eigenvalue weighted by Gasteiger charge is 2.68. The summed E-state index contributed by atoms with van der Waals surface area (Å²) in [6.45, 7) is 3.73. The third-order valence-electron chi connectivity index (χ3n) is 11.9.